The van der Waals surface area contributed by atoms with E-state index >= 15 is 0 Å². The molecule has 4 heteroatoms. The molecule has 1 N–H and O–H groups in total. The first-order valence-electron chi connectivity index (χ1n) is 9.09. The third-order valence-corrected chi connectivity index (χ3v) is 6.50. The zero-order valence-electron chi connectivity index (χ0n) is 13.8. The van der Waals surface area contributed by atoms with Crippen LogP contribution in [0.5, 0.6) is 0 Å². The first kappa shape index (κ1) is 14.3. The summed E-state index contributed by atoms with van der Waals surface area (Å²) < 4.78 is 1.95. The Bertz CT molecular complexity index is 742. The first-order chi connectivity index (χ1) is 11.8. The van der Waals surface area contributed by atoms with Crippen LogP contribution in [0.4, 0.5) is 0 Å². The van der Waals surface area contributed by atoms with Crippen LogP contribution in [0.15, 0.2) is 41.7 Å². The lowest BCUT2D eigenvalue weighted by molar-refractivity contribution is -0.00740. The van der Waals surface area contributed by atoms with Crippen LogP contribution in [0.3, 0.4) is 0 Å². The number of nitrogens with zero attached hydrogens (tertiary/aromatic N) is 3. The molecular weight excluding hydrogens is 298 g/mol. The number of benzene rings is 1. The molecule has 4 saturated carbocycles. The lowest BCUT2D eigenvalue weighted by atomic mass is 9.48. The van der Waals surface area contributed by atoms with Gasteiger partial charge in [0.25, 0.3) is 0 Å². The van der Waals surface area contributed by atoms with Crippen molar-refractivity contribution in [3.63, 3.8) is 0 Å². The number of hydrogen-bond acceptors (Lipinski definition) is 3. The Morgan fingerprint density at radius 1 is 1.04 bits per heavy atom. The molecule has 0 unspecified atom stereocenters. The maximum Gasteiger partial charge on any atom is 0.0780 e. The minimum absolute atomic E-state index is 0.200. The fourth-order valence-electron chi connectivity index (χ4n) is 6.07. The number of oxime groups is 1. The Balaban J connectivity index is 1.61. The van der Waals surface area contributed by atoms with Crippen molar-refractivity contribution in [2.45, 2.75) is 43.9 Å². The molecule has 1 aromatic carbocycles. The monoisotopic (exact) mass is 321 g/mol. The number of hydrogen-bond donors (Lipinski definition) is 1. The highest BCUT2D eigenvalue weighted by molar-refractivity contribution is 5.81. The summed E-state index contributed by atoms with van der Waals surface area (Å²) in [6.07, 6.45) is 11.6. The fraction of sp³-hybridized carbons (Fsp3) is 0.500. The number of rotatable bonds is 3. The van der Waals surface area contributed by atoms with Crippen LogP contribution in [0.25, 0.3) is 5.69 Å². The Morgan fingerprint density at radius 2 is 1.67 bits per heavy atom. The SMILES string of the molecule is O/N=C/c1cn(-c2ccccc2)nc1C12CC3CC(CC(C3)C1)C2. The molecule has 4 aliphatic rings. The number of aromatic nitrogens is 2. The quantitative estimate of drug-likeness (QED) is 0.524. The van der Waals surface area contributed by atoms with Gasteiger partial charge in [-0.05, 0) is 68.4 Å². The van der Waals surface area contributed by atoms with Crippen molar-refractivity contribution in [1.82, 2.24) is 9.78 Å². The van der Waals surface area contributed by atoms with Crippen LogP contribution in [-0.4, -0.2) is 21.2 Å². The molecule has 4 fully saturated rings. The summed E-state index contributed by atoms with van der Waals surface area (Å²) in [5, 5.41) is 17.5. The Hall–Kier alpha value is -2.10. The average molecular weight is 321 g/mol. The molecule has 124 valence electrons. The second-order valence-corrected chi connectivity index (χ2v) is 8.16. The molecule has 24 heavy (non-hydrogen) atoms. The summed E-state index contributed by atoms with van der Waals surface area (Å²) in [6.45, 7) is 0. The number of para-hydroxylation sites is 1. The van der Waals surface area contributed by atoms with Crippen LogP contribution < -0.4 is 0 Å². The summed E-state index contributed by atoms with van der Waals surface area (Å²) >= 11 is 0. The van der Waals surface area contributed by atoms with E-state index in [1.165, 1.54) is 38.5 Å². The Kier molecular flexibility index (Phi) is 3.09. The van der Waals surface area contributed by atoms with E-state index in [2.05, 4.69) is 17.3 Å². The molecule has 0 atom stereocenters. The third kappa shape index (κ3) is 2.12. The third-order valence-electron chi connectivity index (χ3n) is 6.50. The van der Waals surface area contributed by atoms with Gasteiger partial charge in [0, 0.05) is 17.2 Å². The lowest BCUT2D eigenvalue weighted by Crippen LogP contribution is -2.49. The average Bonchev–Trinajstić information content (AvgIpc) is 3.00. The Labute approximate surface area is 142 Å². The van der Waals surface area contributed by atoms with Gasteiger partial charge in [-0.15, -0.1) is 0 Å². The van der Waals surface area contributed by atoms with Crippen LogP contribution in [-0.2, 0) is 5.41 Å². The van der Waals surface area contributed by atoms with Crippen molar-refractivity contribution < 1.29 is 5.21 Å². The van der Waals surface area contributed by atoms with E-state index in [0.717, 1.165) is 34.7 Å². The van der Waals surface area contributed by atoms with E-state index in [1.54, 1.807) is 6.21 Å². The summed E-state index contributed by atoms with van der Waals surface area (Å²) in [5.41, 5.74) is 3.39. The summed E-state index contributed by atoms with van der Waals surface area (Å²) in [5.74, 6) is 2.62. The van der Waals surface area contributed by atoms with E-state index in [1.807, 2.05) is 29.1 Å². The van der Waals surface area contributed by atoms with Crippen molar-refractivity contribution in [1.29, 1.82) is 0 Å². The predicted molar refractivity (Wildman–Crippen MR) is 92.8 cm³/mol. The molecular formula is C20H23N3O. The van der Waals surface area contributed by atoms with Gasteiger partial charge in [0.15, 0.2) is 0 Å². The highest BCUT2D eigenvalue weighted by atomic mass is 16.4. The zero-order chi connectivity index (χ0) is 16.1. The van der Waals surface area contributed by atoms with Gasteiger partial charge >= 0.3 is 0 Å². The van der Waals surface area contributed by atoms with Gasteiger partial charge in [-0.25, -0.2) is 4.68 Å². The van der Waals surface area contributed by atoms with Crippen LogP contribution >= 0.6 is 0 Å². The standard InChI is InChI=1S/C20H23N3O/c24-21-12-17-13-23(18-4-2-1-3-5-18)22-19(17)20-9-14-6-15(10-20)8-16(7-14)11-20/h1-5,12-16,24H,6-11H2/b21-12+. The molecule has 4 aliphatic carbocycles. The van der Waals surface area contributed by atoms with Gasteiger partial charge in [-0.2, -0.15) is 5.10 Å². The molecule has 0 spiro atoms. The second-order valence-electron chi connectivity index (χ2n) is 8.16. The first-order valence-corrected chi connectivity index (χ1v) is 9.09. The second kappa shape index (κ2) is 5.20. The highest BCUT2D eigenvalue weighted by Crippen LogP contribution is 2.60. The van der Waals surface area contributed by atoms with Gasteiger partial charge in [-0.3, -0.25) is 0 Å². The minimum Gasteiger partial charge on any atom is -0.411 e. The van der Waals surface area contributed by atoms with E-state index in [0.29, 0.717) is 0 Å². The maximum atomic E-state index is 9.14. The van der Waals surface area contributed by atoms with Crippen LogP contribution in [0.1, 0.15) is 49.8 Å². The molecule has 0 aliphatic heterocycles. The van der Waals surface area contributed by atoms with Crippen LogP contribution in [0, 0.1) is 17.8 Å². The van der Waals surface area contributed by atoms with E-state index in [-0.39, 0.29) is 5.41 Å². The van der Waals surface area contributed by atoms with Crippen molar-refractivity contribution in [2.24, 2.45) is 22.9 Å². The zero-order valence-corrected chi connectivity index (χ0v) is 13.8. The van der Waals surface area contributed by atoms with Gasteiger partial charge in [0.05, 0.1) is 17.6 Å². The molecule has 4 nitrogen and oxygen atoms in total. The lowest BCUT2D eigenvalue weighted by Gasteiger charge is -2.56. The molecule has 4 bridgehead atoms. The molecule has 1 aromatic heterocycles. The smallest absolute Gasteiger partial charge is 0.0780 e. The topological polar surface area (TPSA) is 50.4 Å². The summed E-state index contributed by atoms with van der Waals surface area (Å²) in [6, 6.07) is 10.2. The van der Waals surface area contributed by atoms with Gasteiger partial charge in [0.1, 0.15) is 0 Å². The minimum atomic E-state index is 0.200. The van der Waals surface area contributed by atoms with Crippen molar-refractivity contribution in [3.05, 3.63) is 47.8 Å². The highest BCUT2D eigenvalue weighted by Gasteiger charge is 2.53. The van der Waals surface area contributed by atoms with Crippen LogP contribution in [0.2, 0.25) is 0 Å². The molecule has 0 saturated heterocycles. The summed E-state index contributed by atoms with van der Waals surface area (Å²) in [7, 11) is 0. The van der Waals surface area contributed by atoms with Gasteiger partial charge < -0.3 is 5.21 Å². The van der Waals surface area contributed by atoms with Gasteiger partial charge in [-0.1, -0.05) is 23.4 Å². The van der Waals surface area contributed by atoms with E-state index in [9.17, 15) is 0 Å². The van der Waals surface area contributed by atoms with E-state index in [4.69, 9.17) is 10.3 Å². The van der Waals surface area contributed by atoms with Crippen molar-refractivity contribution >= 4 is 6.21 Å². The normalized spacial score (nSPS) is 34.2. The van der Waals surface area contributed by atoms with E-state index < -0.39 is 0 Å². The molecule has 6 rings (SSSR count). The largest absolute Gasteiger partial charge is 0.411 e. The molecule has 1 heterocycles. The van der Waals surface area contributed by atoms with Crippen molar-refractivity contribution in [2.75, 3.05) is 0 Å². The van der Waals surface area contributed by atoms with Crippen molar-refractivity contribution in [3.8, 4) is 5.69 Å². The molecule has 0 amide bonds. The molecule has 0 radical (unpaired) electrons. The molecule has 2 aromatic rings. The summed E-state index contributed by atoms with van der Waals surface area (Å²) in [4.78, 5) is 0. The predicted octanol–water partition coefficient (Wildman–Crippen LogP) is 4.15. The Morgan fingerprint density at radius 3 is 2.25 bits per heavy atom. The van der Waals surface area contributed by atoms with Gasteiger partial charge in [0.2, 0.25) is 0 Å². The fourth-order valence-corrected chi connectivity index (χ4v) is 6.07. The maximum absolute atomic E-state index is 9.14.